The number of aromatic nitrogens is 1. The van der Waals surface area contributed by atoms with E-state index in [1.54, 1.807) is 0 Å². The van der Waals surface area contributed by atoms with Gasteiger partial charge in [0.1, 0.15) is 0 Å². The summed E-state index contributed by atoms with van der Waals surface area (Å²) in [5.41, 5.74) is 3.11. The zero-order chi connectivity index (χ0) is 11.1. The predicted octanol–water partition coefficient (Wildman–Crippen LogP) is 3.17. The molecule has 0 bridgehead atoms. The zero-order valence-corrected chi connectivity index (χ0v) is 8.99. The van der Waals surface area contributed by atoms with Crippen molar-refractivity contribution in [3.8, 4) is 0 Å². The van der Waals surface area contributed by atoms with Crippen LogP contribution in [-0.4, -0.2) is 10.8 Å². The first-order valence-electron chi connectivity index (χ1n) is 5.55. The SMILES string of the molecule is C=C1C(=O)CCC1c1c[nH]c2ccccc12. The molecule has 1 aromatic carbocycles. The first kappa shape index (κ1) is 9.40. The molecule has 16 heavy (non-hydrogen) atoms. The zero-order valence-electron chi connectivity index (χ0n) is 8.99. The van der Waals surface area contributed by atoms with Crippen molar-refractivity contribution in [3.05, 3.63) is 48.2 Å². The van der Waals surface area contributed by atoms with Gasteiger partial charge in [-0.05, 0) is 23.6 Å². The first-order chi connectivity index (χ1) is 7.77. The summed E-state index contributed by atoms with van der Waals surface area (Å²) in [6.07, 6.45) is 3.56. The lowest BCUT2D eigenvalue weighted by Gasteiger charge is -2.08. The van der Waals surface area contributed by atoms with Gasteiger partial charge in [0.15, 0.2) is 5.78 Å². The highest BCUT2D eigenvalue weighted by molar-refractivity contribution is 6.00. The molecule has 1 aromatic heterocycles. The van der Waals surface area contributed by atoms with Crippen LogP contribution in [0, 0.1) is 0 Å². The maximum Gasteiger partial charge on any atom is 0.158 e. The predicted molar refractivity (Wildman–Crippen MR) is 64.4 cm³/mol. The number of nitrogens with one attached hydrogen (secondary N) is 1. The van der Waals surface area contributed by atoms with Crippen molar-refractivity contribution in [3.63, 3.8) is 0 Å². The van der Waals surface area contributed by atoms with Gasteiger partial charge in [0, 0.05) is 29.4 Å². The number of ketones is 1. The molecule has 1 aliphatic carbocycles. The number of hydrogen-bond donors (Lipinski definition) is 1. The minimum atomic E-state index is 0.212. The summed E-state index contributed by atoms with van der Waals surface area (Å²) in [4.78, 5) is 14.8. The van der Waals surface area contributed by atoms with E-state index in [0.717, 1.165) is 17.5 Å². The second kappa shape index (κ2) is 3.34. The highest BCUT2D eigenvalue weighted by atomic mass is 16.1. The summed E-state index contributed by atoms with van der Waals surface area (Å²) in [5.74, 6) is 0.430. The number of H-pyrrole nitrogens is 1. The number of hydrogen-bond acceptors (Lipinski definition) is 1. The molecule has 1 heterocycles. The van der Waals surface area contributed by atoms with E-state index in [0.29, 0.717) is 6.42 Å². The van der Waals surface area contributed by atoms with E-state index in [4.69, 9.17) is 0 Å². The summed E-state index contributed by atoms with van der Waals surface area (Å²) in [5, 5.41) is 1.21. The standard InChI is InChI=1S/C14H13NO/c1-9-10(6-7-14(9)16)12-8-15-13-5-3-2-4-11(12)13/h2-5,8,10,15H,1,6-7H2. The molecule has 0 saturated heterocycles. The molecule has 2 heteroatoms. The highest BCUT2D eigenvalue weighted by Gasteiger charge is 2.29. The van der Waals surface area contributed by atoms with Gasteiger partial charge in [-0.15, -0.1) is 0 Å². The van der Waals surface area contributed by atoms with Gasteiger partial charge < -0.3 is 4.98 Å². The second-order valence-corrected chi connectivity index (χ2v) is 4.33. The monoisotopic (exact) mass is 211 g/mol. The Morgan fingerprint density at radius 3 is 2.88 bits per heavy atom. The smallest absolute Gasteiger partial charge is 0.158 e. The number of carbonyl (C=O) groups is 1. The molecule has 0 spiro atoms. The quantitative estimate of drug-likeness (QED) is 0.722. The van der Waals surface area contributed by atoms with Gasteiger partial charge in [-0.2, -0.15) is 0 Å². The van der Waals surface area contributed by atoms with Crippen LogP contribution in [0.15, 0.2) is 42.6 Å². The summed E-state index contributed by atoms with van der Waals surface area (Å²) in [6.45, 7) is 3.92. The summed E-state index contributed by atoms with van der Waals surface area (Å²) in [6, 6.07) is 8.19. The van der Waals surface area contributed by atoms with E-state index in [9.17, 15) is 4.79 Å². The fraction of sp³-hybridized carbons (Fsp3) is 0.214. The summed E-state index contributed by atoms with van der Waals surface area (Å²) < 4.78 is 0. The average Bonchev–Trinajstić information content (AvgIpc) is 2.85. The van der Waals surface area contributed by atoms with E-state index in [-0.39, 0.29) is 11.7 Å². The fourth-order valence-electron chi connectivity index (χ4n) is 2.53. The Balaban J connectivity index is 2.13. The third-order valence-electron chi connectivity index (χ3n) is 3.44. The van der Waals surface area contributed by atoms with Crippen molar-refractivity contribution < 1.29 is 4.79 Å². The Kier molecular flexibility index (Phi) is 1.96. The van der Waals surface area contributed by atoms with Gasteiger partial charge >= 0.3 is 0 Å². The van der Waals surface area contributed by atoms with Crippen LogP contribution in [0.3, 0.4) is 0 Å². The van der Waals surface area contributed by atoms with Crippen LogP contribution in [0.1, 0.15) is 24.3 Å². The molecule has 0 radical (unpaired) electrons. The van der Waals surface area contributed by atoms with Gasteiger partial charge in [-0.3, -0.25) is 4.79 Å². The van der Waals surface area contributed by atoms with Crippen molar-refractivity contribution >= 4 is 16.7 Å². The van der Waals surface area contributed by atoms with Crippen molar-refractivity contribution in [2.24, 2.45) is 0 Å². The van der Waals surface area contributed by atoms with Gasteiger partial charge in [-0.25, -0.2) is 0 Å². The fourth-order valence-corrected chi connectivity index (χ4v) is 2.53. The van der Waals surface area contributed by atoms with Crippen molar-refractivity contribution in [2.45, 2.75) is 18.8 Å². The lowest BCUT2D eigenvalue weighted by atomic mass is 9.94. The number of fused-ring (bicyclic) bond motifs is 1. The molecule has 2 nitrogen and oxygen atoms in total. The maximum atomic E-state index is 11.5. The molecule has 1 saturated carbocycles. The minimum absolute atomic E-state index is 0.212. The summed E-state index contributed by atoms with van der Waals surface area (Å²) in [7, 11) is 0. The number of rotatable bonds is 1. The molecule has 2 aromatic rings. The number of Topliss-reactive ketones (excluding diaryl/α,β-unsaturated/α-hetero) is 1. The largest absolute Gasteiger partial charge is 0.361 e. The Hall–Kier alpha value is -1.83. The number of allylic oxidation sites excluding steroid dienone is 1. The van der Waals surface area contributed by atoms with Gasteiger partial charge in [-0.1, -0.05) is 24.8 Å². The van der Waals surface area contributed by atoms with Crippen molar-refractivity contribution in [1.82, 2.24) is 4.98 Å². The van der Waals surface area contributed by atoms with E-state index in [2.05, 4.69) is 23.7 Å². The van der Waals surface area contributed by atoms with Crippen LogP contribution in [0.5, 0.6) is 0 Å². The Labute approximate surface area is 94.0 Å². The molecule has 80 valence electrons. The molecule has 1 N–H and O–H groups in total. The molecule has 3 rings (SSSR count). The first-order valence-corrected chi connectivity index (χ1v) is 5.55. The molecule has 0 aliphatic heterocycles. The molecule has 1 unspecified atom stereocenters. The molecular formula is C14H13NO. The number of carbonyl (C=O) groups excluding carboxylic acids is 1. The summed E-state index contributed by atoms with van der Waals surface area (Å²) >= 11 is 0. The molecule has 1 atom stereocenters. The Morgan fingerprint density at radius 2 is 2.12 bits per heavy atom. The van der Waals surface area contributed by atoms with Crippen LogP contribution in [0.25, 0.3) is 10.9 Å². The lowest BCUT2D eigenvalue weighted by Crippen LogP contribution is -1.97. The molecular weight excluding hydrogens is 198 g/mol. The molecule has 1 fully saturated rings. The van der Waals surface area contributed by atoms with E-state index >= 15 is 0 Å². The van der Waals surface area contributed by atoms with E-state index in [1.807, 2.05) is 18.3 Å². The topological polar surface area (TPSA) is 32.9 Å². The lowest BCUT2D eigenvalue weighted by molar-refractivity contribution is -0.114. The second-order valence-electron chi connectivity index (χ2n) is 4.33. The van der Waals surface area contributed by atoms with Crippen LogP contribution in [0.4, 0.5) is 0 Å². The van der Waals surface area contributed by atoms with Crippen LogP contribution >= 0.6 is 0 Å². The van der Waals surface area contributed by atoms with Crippen LogP contribution < -0.4 is 0 Å². The van der Waals surface area contributed by atoms with Crippen LogP contribution in [0.2, 0.25) is 0 Å². The third-order valence-corrected chi connectivity index (χ3v) is 3.44. The average molecular weight is 211 g/mol. The molecule has 0 amide bonds. The normalized spacial score (nSPS) is 20.9. The van der Waals surface area contributed by atoms with Gasteiger partial charge in [0.2, 0.25) is 0 Å². The van der Waals surface area contributed by atoms with E-state index < -0.39 is 0 Å². The van der Waals surface area contributed by atoms with E-state index in [1.165, 1.54) is 10.9 Å². The van der Waals surface area contributed by atoms with Crippen molar-refractivity contribution in [1.29, 1.82) is 0 Å². The van der Waals surface area contributed by atoms with Gasteiger partial charge in [0.25, 0.3) is 0 Å². The Morgan fingerprint density at radius 1 is 1.31 bits per heavy atom. The van der Waals surface area contributed by atoms with Gasteiger partial charge in [0.05, 0.1) is 0 Å². The number of aromatic amines is 1. The highest BCUT2D eigenvalue weighted by Crippen LogP contribution is 2.38. The maximum absolute atomic E-state index is 11.5. The third kappa shape index (κ3) is 1.23. The van der Waals surface area contributed by atoms with Crippen molar-refractivity contribution in [2.75, 3.05) is 0 Å². The Bertz CT molecular complexity index is 579. The number of benzene rings is 1. The minimum Gasteiger partial charge on any atom is -0.361 e. The van der Waals surface area contributed by atoms with Crippen LogP contribution in [-0.2, 0) is 4.79 Å². The number of para-hydroxylation sites is 1. The molecule has 1 aliphatic rings.